The second-order valence-electron chi connectivity index (χ2n) is 2.81. The summed E-state index contributed by atoms with van der Waals surface area (Å²) in [6, 6.07) is 0. The molecular weight excluding hydrogens is 130 g/mol. The van der Waals surface area contributed by atoms with Crippen LogP contribution in [0.2, 0.25) is 0 Å². The number of aliphatic imine (C=N–C) groups is 1. The quantitative estimate of drug-likeness (QED) is 0.423. The zero-order chi connectivity index (χ0) is 7.45. The van der Waals surface area contributed by atoms with Crippen molar-refractivity contribution in [1.29, 1.82) is 0 Å². The smallest absolute Gasteiger partial charge is 0.235 e. The van der Waals surface area contributed by atoms with Gasteiger partial charge in [0.05, 0.1) is 12.1 Å². The summed E-state index contributed by atoms with van der Waals surface area (Å²) in [7, 11) is 0. The molecule has 10 heavy (non-hydrogen) atoms. The van der Waals surface area contributed by atoms with Crippen molar-refractivity contribution in [2.45, 2.75) is 25.4 Å². The predicted molar refractivity (Wildman–Crippen MR) is 36.6 cm³/mol. The molecule has 0 spiro atoms. The largest absolute Gasteiger partial charge is 0.373 e. The van der Waals surface area contributed by atoms with Crippen LogP contribution in [-0.4, -0.2) is 24.8 Å². The highest BCUT2D eigenvalue weighted by atomic mass is 16.5. The standard InChI is InChI=1S/C7H11NO2/c1-7(5-8-6-9)3-2-4-10-7/h2-5H2,1H3. The van der Waals surface area contributed by atoms with Crippen LogP contribution in [0.5, 0.6) is 0 Å². The van der Waals surface area contributed by atoms with Crippen molar-refractivity contribution < 1.29 is 9.53 Å². The molecule has 0 aromatic carbocycles. The van der Waals surface area contributed by atoms with Crippen LogP contribution in [0.1, 0.15) is 19.8 Å². The minimum Gasteiger partial charge on any atom is -0.373 e. The van der Waals surface area contributed by atoms with Gasteiger partial charge in [0.15, 0.2) is 0 Å². The number of ether oxygens (including phenoxy) is 1. The molecule has 1 aliphatic rings. The Morgan fingerprint density at radius 3 is 3.10 bits per heavy atom. The van der Waals surface area contributed by atoms with E-state index in [9.17, 15) is 4.79 Å². The van der Waals surface area contributed by atoms with Crippen LogP contribution >= 0.6 is 0 Å². The summed E-state index contributed by atoms with van der Waals surface area (Å²) in [5.41, 5.74) is -0.183. The lowest BCUT2D eigenvalue weighted by molar-refractivity contribution is 0.0285. The van der Waals surface area contributed by atoms with E-state index in [0.29, 0.717) is 6.54 Å². The number of isocyanates is 1. The van der Waals surface area contributed by atoms with Gasteiger partial charge in [-0.15, -0.1) is 0 Å². The summed E-state index contributed by atoms with van der Waals surface area (Å²) in [6.07, 6.45) is 3.59. The molecule has 1 rings (SSSR count). The Balaban J connectivity index is 2.42. The molecule has 0 bridgehead atoms. The maximum absolute atomic E-state index is 9.76. The molecule has 0 radical (unpaired) electrons. The van der Waals surface area contributed by atoms with Crippen LogP contribution in [0.3, 0.4) is 0 Å². The maximum atomic E-state index is 9.76. The van der Waals surface area contributed by atoms with E-state index in [2.05, 4.69) is 4.99 Å². The third-order valence-corrected chi connectivity index (χ3v) is 1.78. The Morgan fingerprint density at radius 2 is 2.60 bits per heavy atom. The molecular formula is C7H11NO2. The van der Waals surface area contributed by atoms with E-state index in [0.717, 1.165) is 19.4 Å². The van der Waals surface area contributed by atoms with E-state index in [1.54, 1.807) is 0 Å². The van der Waals surface area contributed by atoms with Crippen LogP contribution in [0.15, 0.2) is 4.99 Å². The first kappa shape index (κ1) is 7.45. The second kappa shape index (κ2) is 2.95. The van der Waals surface area contributed by atoms with Crippen molar-refractivity contribution in [3.63, 3.8) is 0 Å². The molecule has 56 valence electrons. The van der Waals surface area contributed by atoms with Crippen LogP contribution in [-0.2, 0) is 9.53 Å². The highest BCUT2D eigenvalue weighted by Crippen LogP contribution is 2.24. The lowest BCUT2D eigenvalue weighted by atomic mass is 10.0. The molecule has 1 saturated heterocycles. The Kier molecular flexibility index (Phi) is 2.20. The zero-order valence-corrected chi connectivity index (χ0v) is 6.09. The van der Waals surface area contributed by atoms with Gasteiger partial charge in [0.1, 0.15) is 0 Å². The summed E-state index contributed by atoms with van der Waals surface area (Å²) in [4.78, 5) is 13.3. The lowest BCUT2D eigenvalue weighted by Crippen LogP contribution is -2.26. The number of carbonyl (C=O) groups excluding carboxylic acids is 1. The number of nitrogens with zero attached hydrogens (tertiary/aromatic N) is 1. The minimum absolute atomic E-state index is 0.183. The van der Waals surface area contributed by atoms with Gasteiger partial charge >= 0.3 is 0 Å². The highest BCUT2D eigenvalue weighted by Gasteiger charge is 2.29. The van der Waals surface area contributed by atoms with Gasteiger partial charge < -0.3 is 4.74 Å². The maximum Gasteiger partial charge on any atom is 0.235 e. The molecule has 0 aromatic heterocycles. The van der Waals surface area contributed by atoms with E-state index in [1.165, 1.54) is 6.08 Å². The molecule has 0 amide bonds. The monoisotopic (exact) mass is 141 g/mol. The molecule has 0 aliphatic carbocycles. The van der Waals surface area contributed by atoms with Crippen molar-refractivity contribution in [3.8, 4) is 0 Å². The van der Waals surface area contributed by atoms with Crippen LogP contribution in [0.25, 0.3) is 0 Å². The van der Waals surface area contributed by atoms with Gasteiger partial charge in [-0.2, -0.15) is 0 Å². The van der Waals surface area contributed by atoms with Gasteiger partial charge in [-0.3, -0.25) is 0 Å². The van der Waals surface area contributed by atoms with Crippen molar-refractivity contribution >= 4 is 6.08 Å². The van der Waals surface area contributed by atoms with E-state index in [4.69, 9.17) is 4.74 Å². The second-order valence-corrected chi connectivity index (χ2v) is 2.81. The Morgan fingerprint density at radius 1 is 1.80 bits per heavy atom. The average molecular weight is 141 g/mol. The van der Waals surface area contributed by atoms with Gasteiger partial charge in [0.2, 0.25) is 6.08 Å². The Hall–Kier alpha value is -0.660. The third kappa shape index (κ3) is 1.66. The number of hydrogen-bond acceptors (Lipinski definition) is 3. The summed E-state index contributed by atoms with van der Waals surface area (Å²) in [6.45, 7) is 3.22. The summed E-state index contributed by atoms with van der Waals surface area (Å²) >= 11 is 0. The normalized spacial score (nSPS) is 31.7. The molecule has 0 aromatic rings. The van der Waals surface area contributed by atoms with Gasteiger partial charge in [-0.05, 0) is 19.8 Å². The summed E-state index contributed by atoms with van der Waals surface area (Å²) in [5.74, 6) is 0. The molecule has 1 aliphatic heterocycles. The van der Waals surface area contributed by atoms with Crippen molar-refractivity contribution in [1.82, 2.24) is 0 Å². The van der Waals surface area contributed by atoms with Gasteiger partial charge in [-0.25, -0.2) is 9.79 Å². The SMILES string of the molecule is CC1(CN=C=O)CCCO1. The third-order valence-electron chi connectivity index (χ3n) is 1.78. The van der Waals surface area contributed by atoms with Gasteiger partial charge in [-0.1, -0.05) is 0 Å². The fraction of sp³-hybridized carbons (Fsp3) is 0.857. The van der Waals surface area contributed by atoms with Crippen LogP contribution in [0.4, 0.5) is 0 Å². The van der Waals surface area contributed by atoms with E-state index < -0.39 is 0 Å². The van der Waals surface area contributed by atoms with E-state index in [-0.39, 0.29) is 5.60 Å². The molecule has 0 N–H and O–H groups in total. The van der Waals surface area contributed by atoms with Crippen molar-refractivity contribution in [2.24, 2.45) is 4.99 Å². The fourth-order valence-corrected chi connectivity index (χ4v) is 1.16. The van der Waals surface area contributed by atoms with Gasteiger partial charge in [0, 0.05) is 6.61 Å². The molecule has 1 atom stereocenters. The molecule has 0 saturated carbocycles. The topological polar surface area (TPSA) is 38.7 Å². The van der Waals surface area contributed by atoms with Crippen molar-refractivity contribution in [3.05, 3.63) is 0 Å². The number of rotatable bonds is 2. The fourth-order valence-electron chi connectivity index (χ4n) is 1.16. The predicted octanol–water partition coefficient (Wildman–Crippen LogP) is 0.891. The molecule has 1 heterocycles. The average Bonchev–Trinajstić information content (AvgIpc) is 2.33. The first-order valence-corrected chi connectivity index (χ1v) is 3.44. The van der Waals surface area contributed by atoms with E-state index >= 15 is 0 Å². The molecule has 3 heteroatoms. The molecule has 1 fully saturated rings. The lowest BCUT2D eigenvalue weighted by Gasteiger charge is -2.18. The minimum atomic E-state index is -0.183. The van der Waals surface area contributed by atoms with Crippen LogP contribution in [0, 0.1) is 0 Å². The first-order valence-electron chi connectivity index (χ1n) is 3.44. The summed E-state index contributed by atoms with van der Waals surface area (Å²) < 4.78 is 5.37. The molecule has 1 unspecified atom stereocenters. The zero-order valence-electron chi connectivity index (χ0n) is 6.09. The summed E-state index contributed by atoms with van der Waals surface area (Å²) in [5, 5.41) is 0. The van der Waals surface area contributed by atoms with E-state index in [1.807, 2.05) is 6.92 Å². The Bertz CT molecular complexity index is 155. The van der Waals surface area contributed by atoms with Crippen LogP contribution < -0.4 is 0 Å². The highest BCUT2D eigenvalue weighted by molar-refractivity contribution is 5.33. The molecule has 3 nitrogen and oxygen atoms in total. The number of hydrogen-bond donors (Lipinski definition) is 0. The Labute approximate surface area is 60.1 Å². The first-order chi connectivity index (χ1) is 4.77. The van der Waals surface area contributed by atoms with Crippen molar-refractivity contribution in [2.75, 3.05) is 13.2 Å². The van der Waals surface area contributed by atoms with Gasteiger partial charge in [0.25, 0.3) is 0 Å².